The minimum absolute atomic E-state index is 0.103. The van der Waals surface area contributed by atoms with E-state index in [-0.39, 0.29) is 17.8 Å². The van der Waals surface area contributed by atoms with Gasteiger partial charge >= 0.3 is 0 Å². The van der Waals surface area contributed by atoms with E-state index in [2.05, 4.69) is 0 Å². The summed E-state index contributed by atoms with van der Waals surface area (Å²) in [5, 5.41) is 22.3. The number of aldehydes is 1. The van der Waals surface area contributed by atoms with Gasteiger partial charge in [-0.3, -0.25) is 20.2 Å². The molecule has 0 bridgehead atoms. The third-order valence-corrected chi connectivity index (χ3v) is 4.12. The molecule has 0 rings (SSSR count). The first-order valence-corrected chi connectivity index (χ1v) is 9.78. The first-order valence-electron chi connectivity index (χ1n) is 9.78. The summed E-state index contributed by atoms with van der Waals surface area (Å²) < 4.78 is 0. The molecule has 0 aliphatic rings. The topological polar surface area (TPSA) is 103 Å². The van der Waals surface area contributed by atoms with Crippen molar-refractivity contribution in [3.63, 3.8) is 0 Å². The van der Waals surface area contributed by atoms with Crippen LogP contribution in [-0.4, -0.2) is 16.1 Å². The van der Waals surface area contributed by atoms with Crippen molar-refractivity contribution in [3.8, 4) is 0 Å². The van der Waals surface area contributed by atoms with Gasteiger partial charge in [0.2, 0.25) is 0 Å². The summed E-state index contributed by atoms with van der Waals surface area (Å²) in [6.07, 6.45) is 16.8. The Hall–Kier alpha value is -2.31. The molecular weight excluding hydrogens is 348 g/mol. The maximum absolute atomic E-state index is 11.2. The van der Waals surface area contributed by atoms with Crippen LogP contribution in [0.1, 0.15) is 84.0 Å². The molecule has 0 fully saturated rings. The molecule has 0 aliphatic heterocycles. The number of carbonyl (C=O) groups is 1. The van der Waals surface area contributed by atoms with Crippen molar-refractivity contribution in [1.29, 1.82) is 0 Å². The van der Waals surface area contributed by atoms with Crippen molar-refractivity contribution < 1.29 is 14.6 Å². The van der Waals surface area contributed by atoms with Crippen LogP contribution in [0.5, 0.6) is 0 Å². The Labute approximate surface area is 161 Å². The lowest BCUT2D eigenvalue weighted by Gasteiger charge is -1.99. The summed E-state index contributed by atoms with van der Waals surface area (Å²) in [7, 11) is 0. The van der Waals surface area contributed by atoms with Gasteiger partial charge in [0, 0.05) is 6.42 Å². The van der Waals surface area contributed by atoms with E-state index in [0.717, 1.165) is 57.7 Å². The SMILES string of the molecule is CCCCC/C=C(\C/C(=C\C/C=C\CCCCCCC=O)[N+](=O)[O-])[N+](=O)[O-]. The average Bonchev–Trinajstić information content (AvgIpc) is 2.63. The van der Waals surface area contributed by atoms with Crippen molar-refractivity contribution in [2.75, 3.05) is 0 Å². The second-order valence-electron chi connectivity index (χ2n) is 6.44. The number of carbonyl (C=O) groups excluding carboxylic acids is 1. The normalized spacial score (nSPS) is 12.5. The Morgan fingerprint density at radius 2 is 1.37 bits per heavy atom. The van der Waals surface area contributed by atoms with Crippen molar-refractivity contribution in [2.24, 2.45) is 0 Å². The zero-order chi connectivity index (χ0) is 20.3. The molecule has 27 heavy (non-hydrogen) atoms. The summed E-state index contributed by atoms with van der Waals surface area (Å²) in [5.74, 6) is 0. The van der Waals surface area contributed by atoms with E-state index in [0.29, 0.717) is 19.3 Å². The zero-order valence-corrected chi connectivity index (χ0v) is 16.3. The smallest absolute Gasteiger partial charge is 0.253 e. The Balaban J connectivity index is 4.42. The van der Waals surface area contributed by atoms with Crippen LogP contribution in [-0.2, 0) is 4.79 Å². The first-order chi connectivity index (χ1) is 13.0. The molecule has 7 nitrogen and oxygen atoms in total. The fourth-order valence-corrected chi connectivity index (χ4v) is 2.53. The lowest BCUT2D eigenvalue weighted by Crippen LogP contribution is -2.06. The van der Waals surface area contributed by atoms with Crippen molar-refractivity contribution in [3.05, 3.63) is 55.9 Å². The highest BCUT2D eigenvalue weighted by Gasteiger charge is 2.20. The molecule has 0 unspecified atom stereocenters. The monoisotopic (exact) mass is 380 g/mol. The van der Waals surface area contributed by atoms with E-state index in [4.69, 9.17) is 0 Å². The molecule has 0 aromatic carbocycles. The number of allylic oxidation sites excluding steroid dienone is 4. The van der Waals surface area contributed by atoms with Crippen LogP contribution in [0.15, 0.2) is 35.7 Å². The molecule has 0 atom stereocenters. The molecule has 0 radical (unpaired) electrons. The third-order valence-electron chi connectivity index (χ3n) is 4.12. The fraction of sp³-hybridized carbons (Fsp3) is 0.650. The van der Waals surface area contributed by atoms with Gasteiger partial charge in [0.15, 0.2) is 0 Å². The number of hydrogen-bond donors (Lipinski definition) is 0. The van der Waals surface area contributed by atoms with Gasteiger partial charge in [-0.15, -0.1) is 0 Å². The highest BCUT2D eigenvalue weighted by molar-refractivity contribution is 5.48. The van der Waals surface area contributed by atoms with Crippen LogP contribution in [0.4, 0.5) is 0 Å². The molecule has 0 N–H and O–H groups in total. The third kappa shape index (κ3) is 14.5. The maximum atomic E-state index is 11.2. The van der Waals surface area contributed by atoms with Gasteiger partial charge in [-0.2, -0.15) is 0 Å². The molecule has 0 saturated carbocycles. The van der Waals surface area contributed by atoms with Crippen LogP contribution < -0.4 is 0 Å². The second kappa shape index (κ2) is 17.1. The second-order valence-corrected chi connectivity index (χ2v) is 6.44. The minimum Gasteiger partial charge on any atom is -0.303 e. The van der Waals surface area contributed by atoms with Crippen LogP contribution >= 0.6 is 0 Å². The fourth-order valence-electron chi connectivity index (χ4n) is 2.53. The van der Waals surface area contributed by atoms with Gasteiger partial charge in [-0.05, 0) is 50.7 Å². The molecule has 0 aromatic heterocycles. The van der Waals surface area contributed by atoms with Crippen molar-refractivity contribution >= 4 is 6.29 Å². The van der Waals surface area contributed by atoms with E-state index in [1.165, 1.54) is 12.2 Å². The molecule has 7 heteroatoms. The van der Waals surface area contributed by atoms with Crippen LogP contribution in [0.25, 0.3) is 0 Å². The van der Waals surface area contributed by atoms with Crippen LogP contribution in [0.3, 0.4) is 0 Å². The summed E-state index contributed by atoms with van der Waals surface area (Å²) in [6, 6.07) is 0. The molecule has 152 valence electrons. The Morgan fingerprint density at radius 3 is 1.96 bits per heavy atom. The van der Waals surface area contributed by atoms with Gasteiger partial charge < -0.3 is 4.79 Å². The van der Waals surface area contributed by atoms with Crippen molar-refractivity contribution in [2.45, 2.75) is 84.0 Å². The van der Waals surface area contributed by atoms with Gasteiger partial charge in [0.25, 0.3) is 11.4 Å². The Morgan fingerprint density at radius 1 is 0.778 bits per heavy atom. The number of hydrogen-bond acceptors (Lipinski definition) is 5. The average molecular weight is 380 g/mol. The molecule has 0 saturated heterocycles. The summed E-state index contributed by atoms with van der Waals surface area (Å²) in [4.78, 5) is 31.4. The lowest BCUT2D eigenvalue weighted by atomic mass is 10.1. The lowest BCUT2D eigenvalue weighted by molar-refractivity contribution is -0.450. The minimum atomic E-state index is -0.537. The Kier molecular flexibility index (Phi) is 15.7. The van der Waals surface area contributed by atoms with Gasteiger partial charge in [-0.25, -0.2) is 0 Å². The van der Waals surface area contributed by atoms with Crippen LogP contribution in [0.2, 0.25) is 0 Å². The predicted octanol–water partition coefficient (Wildman–Crippen LogP) is 5.76. The van der Waals surface area contributed by atoms with E-state index >= 15 is 0 Å². The van der Waals surface area contributed by atoms with E-state index in [1.807, 2.05) is 19.1 Å². The number of nitrogens with zero attached hydrogens (tertiary/aromatic N) is 2. The summed E-state index contributed by atoms with van der Waals surface area (Å²) >= 11 is 0. The van der Waals surface area contributed by atoms with E-state index in [1.54, 1.807) is 0 Å². The van der Waals surface area contributed by atoms with Gasteiger partial charge in [-0.1, -0.05) is 44.8 Å². The molecule has 0 aromatic rings. The molecule has 0 spiro atoms. The standard InChI is InChI=1S/C20H32N2O5/c1-2-3-4-12-15-19(21(24)25)18-20(22(26)27)16-13-10-8-6-5-7-9-11-14-17-23/h8,10,15-17H,2-7,9,11-14,18H2,1H3/b10-8-,19-15+,20-16+. The molecule has 0 aliphatic carbocycles. The predicted molar refractivity (Wildman–Crippen MR) is 106 cm³/mol. The molecular formula is C20H32N2O5. The number of unbranched alkanes of at least 4 members (excludes halogenated alkanes) is 8. The van der Waals surface area contributed by atoms with Gasteiger partial charge in [0.05, 0.1) is 9.85 Å². The maximum Gasteiger partial charge on any atom is 0.253 e. The summed E-state index contributed by atoms with van der Waals surface area (Å²) in [5.41, 5.74) is -0.236. The highest BCUT2D eigenvalue weighted by atomic mass is 16.6. The van der Waals surface area contributed by atoms with Crippen molar-refractivity contribution in [1.82, 2.24) is 0 Å². The molecule has 0 amide bonds. The summed E-state index contributed by atoms with van der Waals surface area (Å²) in [6.45, 7) is 2.05. The quantitative estimate of drug-likeness (QED) is 0.105. The Bertz CT molecular complexity index is 538. The zero-order valence-electron chi connectivity index (χ0n) is 16.3. The largest absolute Gasteiger partial charge is 0.303 e. The molecule has 0 heterocycles. The highest BCUT2D eigenvalue weighted by Crippen LogP contribution is 2.15. The van der Waals surface area contributed by atoms with E-state index in [9.17, 15) is 25.0 Å². The van der Waals surface area contributed by atoms with E-state index < -0.39 is 9.85 Å². The van der Waals surface area contributed by atoms with Crippen LogP contribution in [0, 0.1) is 20.2 Å². The number of rotatable bonds is 17. The first kappa shape index (κ1) is 24.7. The van der Waals surface area contributed by atoms with Gasteiger partial charge in [0.1, 0.15) is 12.7 Å². The number of nitro groups is 2.